The molecule has 7 rings (SSSR count). The number of amidine groups is 1. The molecule has 0 bridgehead atoms. The van der Waals surface area contributed by atoms with E-state index in [1.807, 2.05) is 30.3 Å². The average molecular weight is 556 g/mol. The Hall–Kier alpha value is -5.41. The lowest BCUT2D eigenvalue weighted by atomic mass is 9.95. The molecule has 3 heteroatoms. The van der Waals surface area contributed by atoms with Gasteiger partial charge in [-0.3, -0.25) is 0 Å². The molecule has 3 nitrogen and oxygen atoms in total. The molecule has 0 radical (unpaired) electrons. The van der Waals surface area contributed by atoms with Crippen LogP contribution in [0.25, 0.3) is 44.3 Å². The van der Waals surface area contributed by atoms with Crippen LogP contribution in [0.3, 0.4) is 0 Å². The predicted molar refractivity (Wildman–Crippen MR) is 182 cm³/mol. The quantitative estimate of drug-likeness (QED) is 0.155. The van der Waals surface area contributed by atoms with Crippen molar-refractivity contribution in [3.63, 3.8) is 0 Å². The Morgan fingerprint density at radius 2 is 1.37 bits per heavy atom. The molecule has 1 atom stereocenters. The van der Waals surface area contributed by atoms with Crippen molar-refractivity contribution >= 4 is 33.3 Å². The topological polar surface area (TPSA) is 43.3 Å². The van der Waals surface area contributed by atoms with Crippen LogP contribution in [0.1, 0.15) is 24.0 Å². The van der Waals surface area contributed by atoms with Crippen molar-refractivity contribution in [1.29, 1.82) is 0 Å². The van der Waals surface area contributed by atoms with E-state index in [9.17, 15) is 0 Å². The normalized spacial score (nSPS) is 15.4. The van der Waals surface area contributed by atoms with Crippen molar-refractivity contribution in [2.45, 2.75) is 12.8 Å². The summed E-state index contributed by atoms with van der Waals surface area (Å²) in [6, 6.07) is 44.7. The van der Waals surface area contributed by atoms with Crippen LogP contribution >= 0.6 is 0 Å². The van der Waals surface area contributed by atoms with Gasteiger partial charge in [-0.15, -0.1) is 0 Å². The van der Waals surface area contributed by atoms with Crippen LogP contribution in [0.2, 0.25) is 0 Å². The maximum absolute atomic E-state index is 6.51. The summed E-state index contributed by atoms with van der Waals surface area (Å²) in [4.78, 5) is 4.95. The summed E-state index contributed by atoms with van der Waals surface area (Å²) >= 11 is 0. The van der Waals surface area contributed by atoms with E-state index < -0.39 is 0 Å². The van der Waals surface area contributed by atoms with E-state index in [-0.39, 0.29) is 0 Å². The molecule has 0 saturated heterocycles. The molecule has 1 aromatic heterocycles. The summed E-state index contributed by atoms with van der Waals surface area (Å²) in [6.45, 7) is 0. The first-order valence-corrected chi connectivity index (χ1v) is 14.9. The van der Waals surface area contributed by atoms with E-state index in [1.165, 1.54) is 21.8 Å². The molecule has 5 aromatic carbocycles. The Kier molecular flexibility index (Phi) is 7.29. The fraction of sp³-hybridized carbons (Fsp3) is 0.0750. The van der Waals surface area contributed by atoms with Crippen molar-refractivity contribution in [2.75, 3.05) is 0 Å². The van der Waals surface area contributed by atoms with Crippen LogP contribution in [-0.2, 0) is 0 Å². The third-order valence-electron chi connectivity index (χ3n) is 8.19. The van der Waals surface area contributed by atoms with Crippen molar-refractivity contribution < 1.29 is 0 Å². The number of nitrogens with zero attached hydrogens (tertiary/aromatic N) is 2. The van der Waals surface area contributed by atoms with Gasteiger partial charge >= 0.3 is 0 Å². The molecule has 43 heavy (non-hydrogen) atoms. The van der Waals surface area contributed by atoms with Crippen molar-refractivity contribution in [1.82, 2.24) is 4.57 Å². The summed E-state index contributed by atoms with van der Waals surface area (Å²) in [7, 11) is 0. The highest BCUT2D eigenvalue weighted by molar-refractivity contribution is 6.09. The van der Waals surface area contributed by atoms with Gasteiger partial charge in [0.1, 0.15) is 5.84 Å². The third-order valence-corrected chi connectivity index (χ3v) is 8.19. The second-order valence-electron chi connectivity index (χ2n) is 11.0. The number of hydrogen-bond acceptors (Lipinski definition) is 1. The third kappa shape index (κ3) is 5.45. The van der Waals surface area contributed by atoms with Gasteiger partial charge in [0.25, 0.3) is 0 Å². The lowest BCUT2D eigenvalue weighted by molar-refractivity contribution is 0.669. The summed E-state index contributed by atoms with van der Waals surface area (Å²) in [5.74, 6) is 0.983. The highest BCUT2D eigenvalue weighted by atomic mass is 15.0. The molecule has 1 heterocycles. The van der Waals surface area contributed by atoms with Gasteiger partial charge in [-0.05, 0) is 60.2 Å². The lowest BCUT2D eigenvalue weighted by Crippen LogP contribution is -2.13. The number of para-hydroxylation sites is 2. The molecular formula is C40H33N3. The first-order chi connectivity index (χ1) is 21.2. The highest BCUT2D eigenvalue weighted by Crippen LogP contribution is 2.33. The van der Waals surface area contributed by atoms with Gasteiger partial charge < -0.3 is 10.3 Å². The molecule has 2 N–H and O–H groups in total. The van der Waals surface area contributed by atoms with Crippen molar-refractivity contribution in [3.05, 3.63) is 169 Å². The van der Waals surface area contributed by atoms with Crippen molar-refractivity contribution in [2.24, 2.45) is 16.6 Å². The van der Waals surface area contributed by atoms with Crippen LogP contribution in [0.4, 0.5) is 0 Å². The number of aromatic nitrogens is 1. The Morgan fingerprint density at radius 1 is 0.698 bits per heavy atom. The first-order valence-electron chi connectivity index (χ1n) is 14.9. The average Bonchev–Trinajstić information content (AvgIpc) is 3.42. The highest BCUT2D eigenvalue weighted by Gasteiger charge is 2.12. The zero-order valence-corrected chi connectivity index (χ0v) is 24.0. The van der Waals surface area contributed by atoms with Gasteiger partial charge in [0.05, 0.1) is 16.7 Å². The van der Waals surface area contributed by atoms with Gasteiger partial charge in [-0.1, -0.05) is 127 Å². The van der Waals surface area contributed by atoms with E-state index in [1.54, 1.807) is 0 Å². The smallest absolute Gasteiger partial charge is 0.131 e. The molecule has 0 fully saturated rings. The minimum absolute atomic E-state index is 0.463. The molecule has 1 aliphatic rings. The van der Waals surface area contributed by atoms with Crippen molar-refractivity contribution in [3.8, 4) is 16.8 Å². The number of rotatable bonds is 7. The molecule has 0 aliphatic heterocycles. The van der Waals surface area contributed by atoms with E-state index in [2.05, 4.69) is 132 Å². The Bertz CT molecular complexity index is 1970. The van der Waals surface area contributed by atoms with Crippen LogP contribution < -0.4 is 5.73 Å². The summed E-state index contributed by atoms with van der Waals surface area (Å²) in [6.07, 6.45) is 12.9. The van der Waals surface area contributed by atoms with Gasteiger partial charge in [0.15, 0.2) is 0 Å². The Morgan fingerprint density at radius 3 is 2.07 bits per heavy atom. The van der Waals surface area contributed by atoms with Crippen LogP contribution in [0.5, 0.6) is 0 Å². The number of benzene rings is 5. The minimum Gasteiger partial charge on any atom is -0.383 e. The van der Waals surface area contributed by atoms with E-state index >= 15 is 0 Å². The monoisotopic (exact) mass is 555 g/mol. The zero-order valence-electron chi connectivity index (χ0n) is 24.0. The minimum atomic E-state index is 0.463. The van der Waals surface area contributed by atoms with Crippen LogP contribution in [0.15, 0.2) is 163 Å². The zero-order chi connectivity index (χ0) is 29.0. The largest absolute Gasteiger partial charge is 0.383 e. The maximum atomic E-state index is 6.51. The standard InChI is InChI=1S/C40H33N3/c41-40(31-14-5-2-6-15-31)42-37(27-22-29-12-3-1-4-13-29)33-17-11-16-32(28-33)30-23-25-34(26-24-30)43-38-20-9-7-18-35(38)36-19-8-10-21-39(36)43/h1-12,14-21,23-29H,13,22H2,(H2,41,42)/b37-27-. The molecular weight excluding hydrogens is 522 g/mol. The first kappa shape index (κ1) is 26.5. The Labute approximate surface area is 252 Å². The Balaban J connectivity index is 1.24. The van der Waals surface area contributed by atoms with Gasteiger partial charge in [0, 0.05) is 27.6 Å². The summed E-state index contributed by atoms with van der Waals surface area (Å²) in [5.41, 5.74) is 15.3. The predicted octanol–water partition coefficient (Wildman–Crippen LogP) is 9.72. The second kappa shape index (κ2) is 11.8. The number of nitrogens with two attached hydrogens (primary N) is 1. The van der Waals surface area contributed by atoms with E-state index in [4.69, 9.17) is 10.7 Å². The molecule has 208 valence electrons. The van der Waals surface area contributed by atoms with Gasteiger partial charge in [-0.25, -0.2) is 4.99 Å². The molecule has 0 saturated carbocycles. The fourth-order valence-corrected chi connectivity index (χ4v) is 5.96. The van der Waals surface area contributed by atoms with Crippen LogP contribution in [-0.4, -0.2) is 10.4 Å². The summed E-state index contributed by atoms with van der Waals surface area (Å²) < 4.78 is 2.35. The van der Waals surface area contributed by atoms with E-state index in [0.29, 0.717) is 11.8 Å². The van der Waals surface area contributed by atoms with Gasteiger partial charge in [-0.2, -0.15) is 0 Å². The summed E-state index contributed by atoms with van der Waals surface area (Å²) in [5, 5.41) is 2.54. The molecule has 0 amide bonds. The number of hydrogen-bond donors (Lipinski definition) is 1. The molecule has 1 aliphatic carbocycles. The van der Waals surface area contributed by atoms with Crippen LogP contribution in [0, 0.1) is 5.92 Å². The van der Waals surface area contributed by atoms with Gasteiger partial charge in [0.2, 0.25) is 0 Å². The number of allylic oxidation sites excluding steroid dienone is 5. The van der Waals surface area contributed by atoms with E-state index in [0.717, 1.165) is 46.5 Å². The molecule has 1 unspecified atom stereocenters. The fourth-order valence-electron chi connectivity index (χ4n) is 5.96. The maximum Gasteiger partial charge on any atom is 0.131 e. The lowest BCUT2D eigenvalue weighted by Gasteiger charge is -2.13. The molecule has 0 spiro atoms. The molecule has 6 aromatic rings. The number of aliphatic imine (C=N–C) groups is 1. The number of fused-ring (bicyclic) bond motifs is 3. The SMILES string of the molecule is NC(=N/C(=C\CC1C=CC=CC1)c1cccc(-c2ccc(-n3c4ccccc4c4ccccc43)cc2)c1)c1ccccc1. The second-order valence-corrected chi connectivity index (χ2v) is 11.0.